The summed E-state index contributed by atoms with van der Waals surface area (Å²) >= 11 is 0. The largest absolute Gasteiger partial charge is 0.455 e. The van der Waals surface area contributed by atoms with E-state index in [4.69, 9.17) is 4.42 Å². The number of hydrogen-bond acceptors (Lipinski definition) is 3. The molecule has 0 spiro atoms. The molecule has 0 N–H and O–H groups in total. The maximum atomic E-state index is 7.15. The summed E-state index contributed by atoms with van der Waals surface area (Å²) in [4.78, 5) is 4.83. The van der Waals surface area contributed by atoms with Crippen molar-refractivity contribution in [3.8, 4) is 89.0 Å². The van der Waals surface area contributed by atoms with Crippen LogP contribution < -0.4 is 9.80 Å². The Labute approximate surface area is 651 Å². The predicted octanol–water partition coefficient (Wildman–Crippen LogP) is 30.0. The van der Waals surface area contributed by atoms with Crippen LogP contribution in [0.25, 0.3) is 143 Å². The minimum atomic E-state index is -0.562. The summed E-state index contributed by atoms with van der Waals surface area (Å²) in [5.74, 6) is 0. The van der Waals surface area contributed by atoms with Gasteiger partial charge >= 0.3 is 0 Å². The van der Waals surface area contributed by atoms with Crippen molar-refractivity contribution < 1.29 is 4.42 Å². The number of rotatable bonds is 15. The smallest absolute Gasteiger partial charge is 0.143 e. The van der Waals surface area contributed by atoms with Crippen LogP contribution in [-0.4, -0.2) is 0 Å². The molecule has 0 amide bonds. The average Bonchev–Trinajstić information content (AvgIpc) is 1.52. The third-order valence-electron chi connectivity index (χ3n) is 23.2. The number of nitrogens with zero attached hydrogens (tertiary/aromatic N) is 2. The first kappa shape index (κ1) is 65.6. The molecule has 3 heteroatoms. The zero-order valence-electron chi connectivity index (χ0n) is 61.4. The second-order valence-electron chi connectivity index (χ2n) is 29.4. The van der Waals surface area contributed by atoms with Crippen molar-refractivity contribution in [2.24, 2.45) is 0 Å². The fourth-order valence-electron chi connectivity index (χ4n) is 17.8. The van der Waals surface area contributed by atoms with Crippen LogP contribution in [0.15, 0.2) is 441 Å². The van der Waals surface area contributed by atoms with E-state index in [9.17, 15) is 0 Å². The molecular weight excluding hydrogens is 1350 g/mol. The molecular formula is C109H72N2O. The van der Waals surface area contributed by atoms with E-state index in [1.54, 1.807) is 0 Å². The molecule has 0 bridgehead atoms. The van der Waals surface area contributed by atoms with E-state index in [0.29, 0.717) is 0 Å². The van der Waals surface area contributed by atoms with Gasteiger partial charge in [-0.15, -0.1) is 0 Å². The lowest BCUT2D eigenvalue weighted by Crippen LogP contribution is -2.28. The Bertz CT molecular complexity index is 6730. The van der Waals surface area contributed by atoms with Gasteiger partial charge in [0.2, 0.25) is 0 Å². The highest BCUT2D eigenvalue weighted by atomic mass is 16.3. The van der Waals surface area contributed by atoms with Crippen LogP contribution in [-0.2, 0) is 5.41 Å². The Balaban J connectivity index is 0.635. The maximum absolute atomic E-state index is 7.15. The number of para-hydroxylation sites is 1. The molecule has 20 aromatic rings. The number of hydrogen-bond donors (Lipinski definition) is 0. The Morgan fingerprint density at radius 2 is 0.500 bits per heavy atom. The topological polar surface area (TPSA) is 19.6 Å². The predicted molar refractivity (Wildman–Crippen MR) is 471 cm³/mol. The van der Waals surface area contributed by atoms with Crippen molar-refractivity contribution in [3.63, 3.8) is 0 Å². The monoisotopic (exact) mass is 1420 g/mol. The molecule has 21 rings (SSSR count). The zero-order chi connectivity index (χ0) is 74.1. The first-order valence-electron chi connectivity index (χ1n) is 38.6. The van der Waals surface area contributed by atoms with Crippen LogP contribution in [0, 0.1) is 0 Å². The molecule has 0 saturated carbocycles. The number of anilines is 6. The molecule has 19 aromatic carbocycles. The molecule has 3 nitrogen and oxygen atoms in total. The molecule has 1 aliphatic carbocycles. The molecule has 0 fully saturated rings. The van der Waals surface area contributed by atoms with Gasteiger partial charge in [-0.2, -0.15) is 0 Å². The Morgan fingerprint density at radius 1 is 0.170 bits per heavy atom. The second-order valence-corrected chi connectivity index (χ2v) is 29.4. The van der Waals surface area contributed by atoms with E-state index in [2.05, 4.69) is 447 Å². The van der Waals surface area contributed by atoms with Crippen molar-refractivity contribution in [2.45, 2.75) is 5.41 Å². The minimum Gasteiger partial charge on any atom is -0.455 e. The molecule has 0 aliphatic heterocycles. The SMILES string of the molecule is c1ccc(-c2ccc(-c3ccc(N(c4ccc(-c5ccc(-c6ccccc6)cc5)cc4)c4cccc(-c5cccc6c5oc5cc(-c7ccc8c9ccc(N(c%10ccc(-c%11ccccc%11)cc%10)c%10ccc%11c(c%10)C(c%10ccccc%10)(c%10ccccc%10)c%10ccccc%10-%11)cc9c9ccccc9c8c7)ccc56)c4)cc3)cc2)cc1. The van der Waals surface area contributed by atoms with Gasteiger partial charge < -0.3 is 14.2 Å². The highest BCUT2D eigenvalue weighted by Crippen LogP contribution is 2.58. The van der Waals surface area contributed by atoms with Crippen LogP contribution in [0.3, 0.4) is 0 Å². The molecule has 0 saturated heterocycles. The molecule has 0 unspecified atom stereocenters. The molecule has 1 aliphatic rings. The summed E-state index contributed by atoms with van der Waals surface area (Å²) in [6.07, 6.45) is 0. The third-order valence-corrected chi connectivity index (χ3v) is 23.2. The van der Waals surface area contributed by atoms with Gasteiger partial charge in [-0.3, -0.25) is 0 Å². The van der Waals surface area contributed by atoms with E-state index in [1.807, 2.05) is 0 Å². The van der Waals surface area contributed by atoms with E-state index in [1.165, 1.54) is 110 Å². The van der Waals surface area contributed by atoms with Crippen LogP contribution in [0.2, 0.25) is 0 Å². The highest BCUT2D eigenvalue weighted by Gasteiger charge is 2.46. The fraction of sp³-hybridized carbons (Fsp3) is 0.00917. The lowest BCUT2D eigenvalue weighted by Gasteiger charge is -2.35. The Hall–Kier alpha value is -14.6. The number of fused-ring (bicyclic) bond motifs is 12. The molecule has 0 atom stereocenters. The first-order chi connectivity index (χ1) is 55.5. The average molecular weight is 1430 g/mol. The summed E-state index contributed by atoms with van der Waals surface area (Å²) in [5, 5.41) is 9.35. The van der Waals surface area contributed by atoms with Gasteiger partial charge in [0.05, 0.1) is 5.41 Å². The maximum Gasteiger partial charge on any atom is 0.143 e. The van der Waals surface area contributed by atoms with E-state index < -0.39 is 5.41 Å². The van der Waals surface area contributed by atoms with E-state index in [0.717, 1.165) is 89.4 Å². The fourth-order valence-corrected chi connectivity index (χ4v) is 17.8. The van der Waals surface area contributed by atoms with Crippen molar-refractivity contribution in [2.75, 3.05) is 9.80 Å². The zero-order valence-corrected chi connectivity index (χ0v) is 61.4. The van der Waals surface area contributed by atoms with Crippen molar-refractivity contribution >= 4 is 88.4 Å². The van der Waals surface area contributed by atoms with Gasteiger partial charge in [0.1, 0.15) is 11.2 Å². The normalized spacial score (nSPS) is 12.2. The van der Waals surface area contributed by atoms with Crippen molar-refractivity contribution in [3.05, 3.63) is 459 Å². The van der Waals surface area contributed by atoms with E-state index >= 15 is 0 Å². The van der Waals surface area contributed by atoms with Gasteiger partial charge in [0.25, 0.3) is 0 Å². The first-order valence-corrected chi connectivity index (χ1v) is 38.6. The van der Waals surface area contributed by atoms with Gasteiger partial charge in [0.15, 0.2) is 0 Å². The quantitative estimate of drug-likeness (QED) is 0.0954. The third kappa shape index (κ3) is 11.4. The Kier molecular flexibility index (Phi) is 16.1. The van der Waals surface area contributed by atoms with Gasteiger partial charge in [0, 0.05) is 50.5 Å². The summed E-state index contributed by atoms with van der Waals surface area (Å²) in [7, 11) is 0. The Morgan fingerprint density at radius 3 is 1.03 bits per heavy atom. The van der Waals surface area contributed by atoms with Crippen LogP contribution in [0.1, 0.15) is 22.3 Å². The standard InChI is InChI=1S/C109H72N2O/c1-6-22-73(23-7-1)76-40-44-78(45-41-76)81-50-56-88(57-51-81)110(89-58-52-82(53-59-89)79-46-42-77(43-47-79)74-24-8-2-9-25-74)91-33-20-28-85(68-91)94-37-21-38-102-101-65-55-84(70-107(101)112-108(94)102)83-54-64-97-98-66-62-92(71-104(98)96-35-17-16-34-95(96)103(97)69-83)111(90-60-48-80(49-61-90)75-26-10-3-11-27-75)93-63-67-100-99-36-18-19-39-105(99)109(106(100)72-93,86-29-12-4-13-30-86)87-31-14-5-15-32-87/h1-72H. The molecule has 0 radical (unpaired) electrons. The van der Waals surface area contributed by atoms with Crippen molar-refractivity contribution in [1.29, 1.82) is 0 Å². The minimum absolute atomic E-state index is 0.562. The summed E-state index contributed by atoms with van der Waals surface area (Å²) in [6.45, 7) is 0. The van der Waals surface area contributed by atoms with Crippen LogP contribution >= 0.6 is 0 Å². The summed E-state index contributed by atoms with van der Waals surface area (Å²) in [6, 6.07) is 160. The van der Waals surface area contributed by atoms with Gasteiger partial charge in [-0.25, -0.2) is 0 Å². The lowest BCUT2D eigenvalue weighted by atomic mass is 9.67. The number of furan rings is 1. The summed E-state index contributed by atoms with van der Waals surface area (Å²) < 4.78 is 7.15. The second kappa shape index (κ2) is 27.5. The summed E-state index contributed by atoms with van der Waals surface area (Å²) in [5.41, 5.74) is 31.2. The highest BCUT2D eigenvalue weighted by molar-refractivity contribution is 6.26. The van der Waals surface area contributed by atoms with E-state index in [-0.39, 0.29) is 0 Å². The van der Waals surface area contributed by atoms with Gasteiger partial charge in [-0.05, 0) is 229 Å². The molecule has 112 heavy (non-hydrogen) atoms. The molecule has 1 heterocycles. The van der Waals surface area contributed by atoms with Crippen LogP contribution in [0.4, 0.5) is 34.1 Å². The molecule has 1 aromatic heterocycles. The molecule has 524 valence electrons. The number of benzene rings is 19. The van der Waals surface area contributed by atoms with Crippen LogP contribution in [0.5, 0.6) is 0 Å². The van der Waals surface area contributed by atoms with Crippen molar-refractivity contribution in [1.82, 2.24) is 0 Å². The van der Waals surface area contributed by atoms with Gasteiger partial charge in [-0.1, -0.05) is 346 Å². The lowest BCUT2D eigenvalue weighted by molar-refractivity contribution is 0.670.